The van der Waals surface area contributed by atoms with Crippen LogP contribution in [0.1, 0.15) is 20.7 Å². The van der Waals surface area contributed by atoms with Gasteiger partial charge in [0.1, 0.15) is 10.2 Å². The molecular formula is C7H4BrNO3S. The zero-order valence-corrected chi connectivity index (χ0v) is 8.61. The molecule has 13 heavy (non-hydrogen) atoms. The van der Waals surface area contributed by atoms with Crippen molar-refractivity contribution >= 4 is 40.4 Å². The molecule has 0 radical (unpaired) electrons. The van der Waals surface area contributed by atoms with Crippen LogP contribution >= 0.6 is 28.1 Å². The van der Waals surface area contributed by atoms with Crippen molar-refractivity contribution in [2.75, 3.05) is 0 Å². The highest BCUT2D eigenvalue weighted by atomic mass is 79.9. The van der Waals surface area contributed by atoms with E-state index in [-0.39, 0.29) is 15.8 Å². The van der Waals surface area contributed by atoms with E-state index in [1.807, 2.05) is 0 Å². The van der Waals surface area contributed by atoms with Crippen LogP contribution in [0, 0.1) is 4.64 Å². The molecule has 0 spiro atoms. The first-order chi connectivity index (χ1) is 6.07. The molecule has 0 atom stereocenters. The van der Waals surface area contributed by atoms with Crippen LogP contribution in [-0.4, -0.2) is 22.3 Å². The number of aldehydes is 1. The van der Waals surface area contributed by atoms with Gasteiger partial charge in [0.25, 0.3) is 0 Å². The fraction of sp³-hybridized carbons (Fsp3) is 0. The molecule has 1 aromatic rings. The minimum Gasteiger partial charge on any atom is -0.478 e. The molecule has 1 aromatic heterocycles. The van der Waals surface area contributed by atoms with Gasteiger partial charge in [0.2, 0.25) is 0 Å². The Hall–Kier alpha value is -1.01. The molecule has 1 heterocycles. The number of pyridine rings is 1. The van der Waals surface area contributed by atoms with Crippen molar-refractivity contribution in [1.29, 1.82) is 0 Å². The lowest BCUT2D eigenvalue weighted by Gasteiger charge is -2.01. The summed E-state index contributed by atoms with van der Waals surface area (Å²) in [6, 6.07) is 0. The van der Waals surface area contributed by atoms with Crippen molar-refractivity contribution < 1.29 is 14.7 Å². The number of aromatic carboxylic acids is 1. The average Bonchev–Trinajstić information content (AvgIpc) is 2.07. The minimum absolute atomic E-state index is 0.0396. The number of hydrogen-bond donors (Lipinski definition) is 2. The highest BCUT2D eigenvalue weighted by Crippen LogP contribution is 2.18. The van der Waals surface area contributed by atoms with Crippen LogP contribution in [0.2, 0.25) is 0 Å². The van der Waals surface area contributed by atoms with Crippen molar-refractivity contribution in [1.82, 2.24) is 4.98 Å². The third kappa shape index (κ3) is 1.84. The Morgan fingerprint density at radius 2 is 2.31 bits per heavy atom. The molecule has 0 aliphatic heterocycles. The Morgan fingerprint density at radius 3 is 2.69 bits per heavy atom. The monoisotopic (exact) mass is 261 g/mol. The number of carbonyl (C=O) groups excluding carboxylic acids is 1. The van der Waals surface area contributed by atoms with E-state index in [4.69, 9.17) is 17.3 Å². The molecule has 1 rings (SSSR count). The molecule has 0 aliphatic rings. The third-order valence-electron chi connectivity index (χ3n) is 1.42. The second-order valence-corrected chi connectivity index (χ2v) is 3.44. The first-order valence-electron chi connectivity index (χ1n) is 3.17. The van der Waals surface area contributed by atoms with E-state index in [1.165, 1.54) is 6.20 Å². The second-order valence-electron chi connectivity index (χ2n) is 2.18. The van der Waals surface area contributed by atoms with Gasteiger partial charge in [-0.15, -0.1) is 0 Å². The number of rotatable bonds is 2. The molecule has 0 fully saturated rings. The lowest BCUT2D eigenvalue weighted by Crippen LogP contribution is -2.05. The molecular weight excluding hydrogens is 258 g/mol. The summed E-state index contributed by atoms with van der Waals surface area (Å²) in [7, 11) is 0. The Morgan fingerprint density at radius 1 is 1.69 bits per heavy atom. The molecule has 0 amide bonds. The van der Waals surface area contributed by atoms with Gasteiger partial charge >= 0.3 is 5.97 Å². The molecule has 0 aromatic carbocycles. The van der Waals surface area contributed by atoms with Gasteiger partial charge < -0.3 is 10.1 Å². The normalized spacial score (nSPS) is 9.62. The van der Waals surface area contributed by atoms with E-state index in [0.717, 1.165) is 0 Å². The van der Waals surface area contributed by atoms with E-state index in [1.54, 1.807) is 0 Å². The number of nitrogens with one attached hydrogen (secondary N) is 1. The Kier molecular flexibility index (Phi) is 2.94. The van der Waals surface area contributed by atoms with Crippen molar-refractivity contribution in [3.05, 3.63) is 26.4 Å². The van der Waals surface area contributed by atoms with E-state index in [0.29, 0.717) is 10.8 Å². The van der Waals surface area contributed by atoms with Crippen LogP contribution in [0.4, 0.5) is 0 Å². The summed E-state index contributed by atoms with van der Waals surface area (Å²) in [6.45, 7) is 0. The molecule has 0 unspecified atom stereocenters. The van der Waals surface area contributed by atoms with Crippen LogP contribution in [0.3, 0.4) is 0 Å². The molecule has 0 saturated carbocycles. The molecule has 0 aliphatic carbocycles. The van der Waals surface area contributed by atoms with Gasteiger partial charge in [-0.2, -0.15) is 0 Å². The van der Waals surface area contributed by atoms with Crippen molar-refractivity contribution in [3.63, 3.8) is 0 Å². The third-order valence-corrected chi connectivity index (χ3v) is 2.39. The molecule has 0 saturated heterocycles. The summed E-state index contributed by atoms with van der Waals surface area (Å²) >= 11 is 7.76. The largest absolute Gasteiger partial charge is 0.478 e. The maximum absolute atomic E-state index is 10.7. The van der Waals surface area contributed by atoms with Crippen molar-refractivity contribution in [2.24, 2.45) is 0 Å². The van der Waals surface area contributed by atoms with Gasteiger partial charge in [-0.25, -0.2) is 4.79 Å². The first-order valence-corrected chi connectivity index (χ1v) is 4.37. The highest BCUT2D eigenvalue weighted by Gasteiger charge is 2.14. The van der Waals surface area contributed by atoms with E-state index < -0.39 is 5.97 Å². The van der Waals surface area contributed by atoms with Crippen LogP contribution in [0.15, 0.2) is 10.7 Å². The highest BCUT2D eigenvalue weighted by molar-refractivity contribution is 9.10. The van der Waals surface area contributed by atoms with Crippen molar-refractivity contribution in [2.45, 2.75) is 0 Å². The maximum atomic E-state index is 10.7. The van der Waals surface area contributed by atoms with Gasteiger partial charge in [-0.3, -0.25) is 4.79 Å². The van der Waals surface area contributed by atoms with Crippen LogP contribution in [-0.2, 0) is 0 Å². The number of carbonyl (C=O) groups is 2. The predicted octanol–water partition coefficient (Wildman–Crippen LogP) is 2.02. The SMILES string of the molecule is O=Cc1c(Br)c[nH]c(=S)c1C(=O)O. The van der Waals surface area contributed by atoms with Crippen LogP contribution in [0.25, 0.3) is 0 Å². The number of H-pyrrole nitrogens is 1. The molecule has 2 N–H and O–H groups in total. The summed E-state index contributed by atoms with van der Waals surface area (Å²) in [4.78, 5) is 23.8. The van der Waals surface area contributed by atoms with Crippen LogP contribution in [0.5, 0.6) is 0 Å². The summed E-state index contributed by atoms with van der Waals surface area (Å²) in [5.74, 6) is -1.22. The fourth-order valence-electron chi connectivity index (χ4n) is 0.848. The smallest absolute Gasteiger partial charge is 0.339 e. The second kappa shape index (κ2) is 3.80. The summed E-state index contributed by atoms with van der Waals surface area (Å²) in [6.07, 6.45) is 1.88. The molecule has 4 nitrogen and oxygen atoms in total. The lowest BCUT2D eigenvalue weighted by atomic mass is 10.1. The van der Waals surface area contributed by atoms with Crippen molar-refractivity contribution in [3.8, 4) is 0 Å². The number of aromatic amines is 1. The van der Waals surface area contributed by atoms with Gasteiger partial charge in [0.15, 0.2) is 6.29 Å². The van der Waals surface area contributed by atoms with E-state index in [9.17, 15) is 9.59 Å². The molecule has 6 heteroatoms. The Labute approximate surface area is 86.7 Å². The number of carboxylic acid groups (broad SMARTS) is 1. The Balaban J connectivity index is 3.62. The van der Waals surface area contributed by atoms with E-state index in [2.05, 4.69) is 20.9 Å². The predicted molar refractivity (Wildman–Crippen MR) is 51.7 cm³/mol. The van der Waals surface area contributed by atoms with Gasteiger partial charge in [-0.1, -0.05) is 12.2 Å². The zero-order chi connectivity index (χ0) is 10.0. The number of hydrogen-bond acceptors (Lipinski definition) is 3. The van der Waals surface area contributed by atoms with Crippen LogP contribution < -0.4 is 0 Å². The molecule has 68 valence electrons. The Bertz CT molecular complexity index is 426. The van der Waals surface area contributed by atoms with Gasteiger partial charge in [0, 0.05) is 16.2 Å². The minimum atomic E-state index is -1.22. The standard InChI is InChI=1S/C7H4BrNO3S/c8-4-1-9-6(13)5(7(11)12)3(4)2-10/h1-2H,(H,9,13)(H,11,12). The number of carboxylic acids is 1. The summed E-state index contributed by atoms with van der Waals surface area (Å²) < 4.78 is 0.423. The quantitative estimate of drug-likeness (QED) is 0.631. The van der Waals surface area contributed by atoms with Gasteiger partial charge in [0.05, 0.1) is 0 Å². The number of halogens is 1. The summed E-state index contributed by atoms with van der Waals surface area (Å²) in [5.41, 5.74) is -0.129. The fourth-order valence-corrected chi connectivity index (χ4v) is 1.51. The molecule has 0 bridgehead atoms. The topological polar surface area (TPSA) is 70.2 Å². The number of aromatic nitrogens is 1. The van der Waals surface area contributed by atoms with Gasteiger partial charge in [-0.05, 0) is 15.9 Å². The zero-order valence-electron chi connectivity index (χ0n) is 6.20. The lowest BCUT2D eigenvalue weighted by molar-refractivity contribution is 0.0692. The maximum Gasteiger partial charge on any atom is 0.339 e. The summed E-state index contributed by atoms with van der Waals surface area (Å²) in [5, 5.41) is 8.74. The average molecular weight is 262 g/mol. The first kappa shape index (κ1) is 10.1. The van der Waals surface area contributed by atoms with E-state index >= 15 is 0 Å².